The lowest BCUT2D eigenvalue weighted by Crippen LogP contribution is -2.32. The molecule has 0 bridgehead atoms. The summed E-state index contributed by atoms with van der Waals surface area (Å²) in [6, 6.07) is 0. The van der Waals surface area contributed by atoms with Crippen LogP contribution in [0.2, 0.25) is 0 Å². The summed E-state index contributed by atoms with van der Waals surface area (Å²) in [5, 5.41) is 28.4. The van der Waals surface area contributed by atoms with Gasteiger partial charge in [0.2, 0.25) is 0 Å². The Kier molecular flexibility index (Phi) is 4.22. The fraction of sp³-hybridized carbons (Fsp3) is 0.500. The fourth-order valence-electron chi connectivity index (χ4n) is 2.25. The van der Waals surface area contributed by atoms with Crippen LogP contribution in [0.3, 0.4) is 0 Å². The summed E-state index contributed by atoms with van der Waals surface area (Å²) in [6.07, 6.45) is 1.72. The average molecular weight is 295 g/mol. The van der Waals surface area contributed by atoms with Gasteiger partial charge >= 0.3 is 5.69 Å². The number of hydrogen-bond acceptors (Lipinski definition) is 7. The van der Waals surface area contributed by atoms with Crippen LogP contribution >= 0.6 is 0 Å². The van der Waals surface area contributed by atoms with Crippen molar-refractivity contribution in [3.63, 3.8) is 0 Å². The normalized spacial score (nSPS) is 12.4. The Morgan fingerprint density at radius 3 is 2.81 bits per heavy atom. The van der Waals surface area contributed by atoms with Crippen molar-refractivity contribution in [3.8, 4) is 0 Å². The summed E-state index contributed by atoms with van der Waals surface area (Å²) < 4.78 is 6.43. The van der Waals surface area contributed by atoms with Crippen molar-refractivity contribution in [2.45, 2.75) is 26.5 Å². The van der Waals surface area contributed by atoms with Crippen LogP contribution in [0, 0.1) is 24.0 Å². The molecule has 0 saturated carbocycles. The molecule has 114 valence electrons. The number of likely N-dealkylation sites (N-methyl/N-ethyl adjacent to an activating group) is 1. The smallest absolute Gasteiger partial charge is 0.306 e. The highest BCUT2D eigenvalue weighted by molar-refractivity contribution is 5.52. The molecule has 0 fully saturated rings. The maximum absolute atomic E-state index is 10.6. The molecule has 21 heavy (non-hydrogen) atoms. The molecule has 9 nitrogen and oxygen atoms in total. The van der Waals surface area contributed by atoms with Gasteiger partial charge in [-0.1, -0.05) is 5.16 Å². The Balaban J connectivity index is 1.97. The van der Waals surface area contributed by atoms with Gasteiger partial charge in [-0.15, -0.1) is 0 Å². The van der Waals surface area contributed by atoms with Crippen molar-refractivity contribution in [1.82, 2.24) is 14.9 Å². The first-order valence-electron chi connectivity index (χ1n) is 6.37. The van der Waals surface area contributed by atoms with E-state index < -0.39 is 11.0 Å². The van der Waals surface area contributed by atoms with Gasteiger partial charge in [0.1, 0.15) is 23.8 Å². The highest BCUT2D eigenvalue weighted by Crippen LogP contribution is 2.22. The van der Waals surface area contributed by atoms with Gasteiger partial charge in [0.05, 0.1) is 17.6 Å². The predicted octanol–water partition coefficient (Wildman–Crippen LogP) is 0.893. The molecule has 9 heteroatoms. The van der Waals surface area contributed by atoms with Crippen LogP contribution in [0.1, 0.15) is 11.5 Å². The van der Waals surface area contributed by atoms with Crippen LogP contribution in [0.5, 0.6) is 0 Å². The van der Waals surface area contributed by atoms with Gasteiger partial charge in [-0.2, -0.15) is 5.10 Å². The van der Waals surface area contributed by atoms with Crippen molar-refractivity contribution >= 4 is 11.4 Å². The van der Waals surface area contributed by atoms with Gasteiger partial charge in [0.25, 0.3) is 0 Å². The number of nitro groups is 1. The van der Waals surface area contributed by atoms with Crippen LogP contribution in [-0.4, -0.2) is 44.7 Å². The summed E-state index contributed by atoms with van der Waals surface area (Å²) in [6.45, 7) is 4.12. The Morgan fingerprint density at radius 1 is 1.57 bits per heavy atom. The fourth-order valence-corrected chi connectivity index (χ4v) is 2.25. The quantitative estimate of drug-likeness (QED) is 0.622. The minimum atomic E-state index is -0.733. The van der Waals surface area contributed by atoms with Gasteiger partial charge in [0, 0.05) is 13.6 Å². The van der Waals surface area contributed by atoms with Crippen LogP contribution in [0.15, 0.2) is 16.9 Å². The SMILES string of the molecule is Cc1noc(C)c1N(C)CC(O)Cn1cc([N+](=O)[O-])cn1. The van der Waals surface area contributed by atoms with E-state index in [1.54, 1.807) is 6.92 Å². The molecule has 1 atom stereocenters. The van der Waals surface area contributed by atoms with E-state index in [1.165, 1.54) is 10.9 Å². The Hall–Kier alpha value is -2.42. The maximum atomic E-state index is 10.6. The second kappa shape index (κ2) is 5.92. The number of nitrogens with zero attached hydrogens (tertiary/aromatic N) is 5. The summed E-state index contributed by atoms with van der Waals surface area (Å²) in [4.78, 5) is 11.9. The number of aryl methyl sites for hydroxylation is 2. The van der Waals surface area contributed by atoms with Crippen LogP contribution < -0.4 is 4.90 Å². The summed E-state index contributed by atoms with van der Waals surface area (Å²) in [5.74, 6) is 0.678. The minimum absolute atomic E-state index is 0.0960. The Morgan fingerprint density at radius 2 is 2.29 bits per heavy atom. The van der Waals surface area contributed by atoms with Gasteiger partial charge in [0.15, 0.2) is 5.76 Å². The molecule has 0 aliphatic heterocycles. The van der Waals surface area contributed by atoms with Crippen molar-refractivity contribution < 1.29 is 14.6 Å². The molecule has 0 spiro atoms. The van der Waals surface area contributed by atoms with Crippen molar-refractivity contribution in [1.29, 1.82) is 0 Å². The largest absolute Gasteiger partial charge is 0.389 e. The topological polar surface area (TPSA) is 110 Å². The number of anilines is 1. The van der Waals surface area contributed by atoms with E-state index in [0.717, 1.165) is 17.6 Å². The monoisotopic (exact) mass is 295 g/mol. The average Bonchev–Trinajstić information content (AvgIpc) is 2.96. The first-order valence-corrected chi connectivity index (χ1v) is 6.37. The van der Waals surface area contributed by atoms with E-state index in [1.807, 2.05) is 18.9 Å². The van der Waals surface area contributed by atoms with E-state index in [9.17, 15) is 15.2 Å². The predicted molar refractivity (Wildman–Crippen MR) is 74.1 cm³/mol. The van der Waals surface area contributed by atoms with E-state index in [4.69, 9.17) is 4.52 Å². The highest BCUT2D eigenvalue weighted by Gasteiger charge is 2.18. The molecule has 0 amide bonds. The van der Waals surface area contributed by atoms with E-state index in [0.29, 0.717) is 12.3 Å². The van der Waals surface area contributed by atoms with E-state index >= 15 is 0 Å². The van der Waals surface area contributed by atoms with Gasteiger partial charge in [-0.3, -0.25) is 14.8 Å². The summed E-state index contributed by atoms with van der Waals surface area (Å²) in [7, 11) is 1.82. The number of aromatic nitrogens is 3. The van der Waals surface area contributed by atoms with Crippen molar-refractivity contribution in [2.75, 3.05) is 18.5 Å². The van der Waals surface area contributed by atoms with Gasteiger partial charge in [-0.25, -0.2) is 0 Å². The number of hydrogen-bond donors (Lipinski definition) is 1. The lowest BCUT2D eigenvalue weighted by molar-refractivity contribution is -0.385. The van der Waals surface area contributed by atoms with Crippen molar-refractivity contribution in [3.05, 3.63) is 34.0 Å². The molecule has 2 heterocycles. The summed E-state index contributed by atoms with van der Waals surface area (Å²) in [5.41, 5.74) is 1.48. The molecule has 2 aromatic rings. The zero-order valence-corrected chi connectivity index (χ0v) is 12.1. The van der Waals surface area contributed by atoms with E-state index in [-0.39, 0.29) is 12.2 Å². The van der Waals surface area contributed by atoms with Gasteiger partial charge in [-0.05, 0) is 13.8 Å². The van der Waals surface area contributed by atoms with Crippen LogP contribution in [0.25, 0.3) is 0 Å². The molecule has 0 saturated heterocycles. The second-order valence-electron chi connectivity index (χ2n) is 4.88. The number of rotatable bonds is 6. The minimum Gasteiger partial charge on any atom is -0.389 e. The first-order chi connectivity index (χ1) is 9.88. The lowest BCUT2D eigenvalue weighted by atomic mass is 10.2. The van der Waals surface area contributed by atoms with Crippen LogP contribution in [0.4, 0.5) is 11.4 Å². The third-order valence-electron chi connectivity index (χ3n) is 3.09. The molecule has 0 aliphatic rings. The number of aliphatic hydroxyl groups excluding tert-OH is 1. The number of aliphatic hydroxyl groups is 1. The molecular formula is C12H17N5O4. The molecular weight excluding hydrogens is 278 g/mol. The zero-order valence-electron chi connectivity index (χ0n) is 12.1. The maximum Gasteiger partial charge on any atom is 0.306 e. The third kappa shape index (κ3) is 3.37. The second-order valence-corrected chi connectivity index (χ2v) is 4.88. The first kappa shape index (κ1) is 15.0. The van der Waals surface area contributed by atoms with Crippen molar-refractivity contribution in [2.24, 2.45) is 0 Å². The standard InChI is InChI=1S/C12H17N5O4/c1-8-12(9(2)21-14-8)15(3)6-11(18)7-16-5-10(4-13-16)17(19)20/h4-5,11,18H,6-7H2,1-3H3. The van der Waals surface area contributed by atoms with E-state index in [2.05, 4.69) is 10.3 Å². The Bertz CT molecular complexity index is 616. The molecule has 0 radical (unpaired) electrons. The molecule has 0 aliphatic carbocycles. The third-order valence-corrected chi connectivity index (χ3v) is 3.09. The Labute approximate surface area is 120 Å². The molecule has 1 unspecified atom stereocenters. The highest BCUT2D eigenvalue weighted by atomic mass is 16.6. The molecule has 1 N–H and O–H groups in total. The molecule has 2 rings (SSSR count). The summed E-state index contributed by atoms with van der Waals surface area (Å²) >= 11 is 0. The lowest BCUT2D eigenvalue weighted by Gasteiger charge is -2.22. The van der Waals surface area contributed by atoms with Crippen LogP contribution in [-0.2, 0) is 6.54 Å². The molecule has 2 aromatic heterocycles. The van der Waals surface area contributed by atoms with Gasteiger partial charge < -0.3 is 14.5 Å². The zero-order chi connectivity index (χ0) is 15.6. The molecule has 0 aromatic carbocycles.